The number of nitrogens with zero attached hydrogens (tertiary/aromatic N) is 4. The van der Waals surface area contributed by atoms with Gasteiger partial charge in [-0.25, -0.2) is 0 Å². The van der Waals surface area contributed by atoms with Crippen LogP contribution >= 0.6 is 0 Å². The van der Waals surface area contributed by atoms with E-state index in [2.05, 4.69) is 27.2 Å². The third-order valence-corrected chi connectivity index (χ3v) is 7.08. The van der Waals surface area contributed by atoms with Crippen molar-refractivity contribution in [3.05, 3.63) is 64.2 Å². The molecule has 0 aromatic heterocycles. The Morgan fingerprint density at radius 1 is 0.947 bits per heavy atom. The number of carbonyl (C=O) groups excluding carboxylic acids is 1. The van der Waals surface area contributed by atoms with Crippen molar-refractivity contribution in [1.29, 1.82) is 0 Å². The topological polar surface area (TPSA) is 82.0 Å². The van der Waals surface area contributed by atoms with E-state index in [0.29, 0.717) is 38.0 Å². The Labute approximate surface area is 221 Å². The molecule has 11 heteroatoms. The molecule has 2 saturated heterocycles. The Hall–Kier alpha value is -3.34. The molecule has 2 aromatic carbocycles. The molecule has 1 N–H and O–H groups in total. The average molecular weight is 536 g/mol. The molecule has 4 rings (SSSR count). The van der Waals surface area contributed by atoms with Crippen LogP contribution in [0.2, 0.25) is 0 Å². The number of amides is 1. The first-order valence-corrected chi connectivity index (χ1v) is 12.6. The molecule has 0 spiro atoms. The molecule has 2 fully saturated rings. The van der Waals surface area contributed by atoms with Gasteiger partial charge in [-0.05, 0) is 50.1 Å². The molecule has 0 atom stereocenters. The highest BCUT2D eigenvalue weighted by atomic mass is 19.4. The molecule has 208 valence electrons. The lowest BCUT2D eigenvalue weighted by Crippen LogP contribution is -2.47. The molecule has 1 amide bonds. The van der Waals surface area contributed by atoms with E-state index >= 15 is 0 Å². The predicted molar refractivity (Wildman–Crippen MR) is 143 cm³/mol. The molecule has 0 saturated carbocycles. The van der Waals surface area contributed by atoms with Gasteiger partial charge >= 0.3 is 6.18 Å². The van der Waals surface area contributed by atoms with Crippen LogP contribution in [0.25, 0.3) is 0 Å². The lowest BCUT2D eigenvalue weighted by Gasteiger charge is -2.36. The fourth-order valence-electron chi connectivity index (χ4n) is 5.02. The predicted octanol–water partition coefficient (Wildman–Crippen LogP) is 4.94. The van der Waals surface area contributed by atoms with Crippen molar-refractivity contribution < 1.29 is 22.9 Å². The Kier molecular flexibility index (Phi) is 9.96. The van der Waals surface area contributed by atoms with Crippen molar-refractivity contribution in [3.63, 3.8) is 0 Å². The third-order valence-electron chi connectivity index (χ3n) is 7.08. The number of alkyl halides is 3. The van der Waals surface area contributed by atoms with Crippen LogP contribution in [0.15, 0.2) is 48.5 Å². The Balaban J connectivity index is 0.00000400. The van der Waals surface area contributed by atoms with E-state index in [1.165, 1.54) is 11.8 Å². The number of nitrogens with one attached hydrogen (secondary N) is 1. The van der Waals surface area contributed by atoms with Gasteiger partial charge in [0.05, 0.1) is 4.92 Å². The summed E-state index contributed by atoms with van der Waals surface area (Å²) in [6.07, 6.45) is -2.38. The lowest BCUT2D eigenvalue weighted by molar-refractivity contribution is -0.388. The zero-order valence-corrected chi connectivity index (χ0v) is 20.6. The number of anilines is 2. The highest BCUT2D eigenvalue weighted by Crippen LogP contribution is 2.38. The highest BCUT2D eigenvalue weighted by molar-refractivity contribution is 5.76. The van der Waals surface area contributed by atoms with Gasteiger partial charge in [0.15, 0.2) is 0 Å². The van der Waals surface area contributed by atoms with Gasteiger partial charge in [0, 0.05) is 69.2 Å². The number of rotatable bonds is 8. The number of para-hydroxylation sites is 1. The number of hydrogen-bond acceptors (Lipinski definition) is 6. The number of benzene rings is 2. The normalized spacial score (nSPS) is 17.1. The van der Waals surface area contributed by atoms with Gasteiger partial charge in [-0.1, -0.05) is 25.6 Å². The van der Waals surface area contributed by atoms with Crippen molar-refractivity contribution in [3.8, 4) is 0 Å². The summed E-state index contributed by atoms with van der Waals surface area (Å²) in [4.78, 5) is 28.9. The van der Waals surface area contributed by atoms with Crippen LogP contribution in [0.3, 0.4) is 0 Å². The van der Waals surface area contributed by atoms with Crippen molar-refractivity contribution in [2.75, 3.05) is 55.6 Å². The smallest absolute Gasteiger partial charge is 0.371 e. The molecule has 8 nitrogen and oxygen atoms in total. The van der Waals surface area contributed by atoms with Crippen LogP contribution < -0.4 is 15.1 Å². The average Bonchev–Trinajstić information content (AvgIpc) is 2.89. The van der Waals surface area contributed by atoms with Gasteiger partial charge < -0.3 is 15.1 Å². The SMILES string of the molecule is C.O=C(CCCN1CCN(c2ccccc2)CC1)NC1CCN(c2ccc([N+](=O)[O-])c(C(F)(F)F)c2)CC1. The van der Waals surface area contributed by atoms with Crippen molar-refractivity contribution in [1.82, 2.24) is 10.2 Å². The van der Waals surface area contributed by atoms with E-state index in [1.54, 1.807) is 4.90 Å². The van der Waals surface area contributed by atoms with E-state index in [1.807, 2.05) is 18.2 Å². The molecule has 38 heavy (non-hydrogen) atoms. The maximum absolute atomic E-state index is 13.3. The van der Waals surface area contributed by atoms with Crippen LogP contribution in [0.5, 0.6) is 0 Å². The number of halogens is 3. The standard InChI is InChI=1S/C26H32F3N5O3.CH4/c27-26(28,29)23-19-22(8-9-24(23)34(36)37)32-13-10-20(11-14-32)30-25(35)7-4-12-31-15-17-33(18-16-31)21-5-2-1-3-6-21;/h1-3,5-6,8-9,19-20H,4,7,10-18H2,(H,30,35);1H4. The summed E-state index contributed by atoms with van der Waals surface area (Å²) in [6, 6.07) is 13.4. The molecule has 2 heterocycles. The van der Waals surface area contributed by atoms with E-state index < -0.39 is 22.4 Å². The van der Waals surface area contributed by atoms with Gasteiger partial charge in [-0.15, -0.1) is 0 Å². The molecule has 0 bridgehead atoms. The monoisotopic (exact) mass is 535 g/mol. The van der Waals surface area contributed by atoms with E-state index in [9.17, 15) is 28.1 Å². The Morgan fingerprint density at radius 2 is 1.58 bits per heavy atom. The molecule has 2 aliphatic rings. The molecule has 0 aliphatic carbocycles. The fourth-order valence-corrected chi connectivity index (χ4v) is 5.02. The minimum absolute atomic E-state index is 0. The quantitative estimate of drug-likeness (QED) is 0.381. The van der Waals surface area contributed by atoms with Crippen LogP contribution in [-0.4, -0.2) is 67.6 Å². The van der Waals surface area contributed by atoms with Gasteiger partial charge in [-0.3, -0.25) is 19.8 Å². The molecular weight excluding hydrogens is 499 g/mol. The zero-order chi connectivity index (χ0) is 26.4. The lowest BCUT2D eigenvalue weighted by atomic mass is 10.0. The van der Waals surface area contributed by atoms with Crippen LogP contribution in [0.1, 0.15) is 38.7 Å². The summed E-state index contributed by atoms with van der Waals surface area (Å²) in [6.45, 7) is 5.66. The second kappa shape index (κ2) is 12.9. The number of nitro benzene ring substituents is 1. The number of piperazine rings is 1. The number of piperidine rings is 1. The Bertz CT molecular complexity index is 1070. The van der Waals surface area contributed by atoms with Crippen molar-refractivity contribution >= 4 is 23.0 Å². The fraction of sp³-hybridized carbons (Fsp3) is 0.519. The van der Waals surface area contributed by atoms with Gasteiger partial charge in [0.2, 0.25) is 5.91 Å². The first-order valence-electron chi connectivity index (χ1n) is 12.6. The number of hydrogen-bond donors (Lipinski definition) is 1. The van der Waals surface area contributed by atoms with Gasteiger partial charge in [-0.2, -0.15) is 13.2 Å². The van der Waals surface area contributed by atoms with Crippen molar-refractivity contribution in [2.45, 2.75) is 45.3 Å². The van der Waals surface area contributed by atoms with Gasteiger partial charge in [0.1, 0.15) is 5.56 Å². The minimum atomic E-state index is -4.81. The Morgan fingerprint density at radius 3 is 2.18 bits per heavy atom. The zero-order valence-electron chi connectivity index (χ0n) is 20.6. The highest BCUT2D eigenvalue weighted by Gasteiger charge is 2.39. The summed E-state index contributed by atoms with van der Waals surface area (Å²) in [5, 5.41) is 14.0. The summed E-state index contributed by atoms with van der Waals surface area (Å²) in [5.41, 5.74) is -0.652. The largest absolute Gasteiger partial charge is 0.423 e. The maximum atomic E-state index is 13.3. The molecule has 0 unspecified atom stereocenters. The summed E-state index contributed by atoms with van der Waals surface area (Å²) < 4.78 is 39.9. The second-order valence-corrected chi connectivity index (χ2v) is 9.55. The van der Waals surface area contributed by atoms with Crippen LogP contribution in [0.4, 0.5) is 30.2 Å². The first kappa shape index (κ1) is 29.2. The molecule has 2 aliphatic heterocycles. The van der Waals surface area contributed by atoms with E-state index in [0.717, 1.165) is 51.3 Å². The number of nitro groups is 1. The van der Waals surface area contributed by atoms with E-state index in [-0.39, 0.29) is 19.4 Å². The summed E-state index contributed by atoms with van der Waals surface area (Å²) in [5.74, 6) is -0.00364. The second-order valence-electron chi connectivity index (χ2n) is 9.55. The maximum Gasteiger partial charge on any atom is 0.423 e. The molecule has 2 aromatic rings. The summed E-state index contributed by atoms with van der Waals surface area (Å²) in [7, 11) is 0. The number of carbonyl (C=O) groups is 1. The molecule has 0 radical (unpaired) electrons. The minimum Gasteiger partial charge on any atom is -0.371 e. The van der Waals surface area contributed by atoms with Crippen LogP contribution in [-0.2, 0) is 11.0 Å². The molecular formula is C27H36F3N5O3. The van der Waals surface area contributed by atoms with Crippen LogP contribution in [0, 0.1) is 10.1 Å². The van der Waals surface area contributed by atoms with Crippen molar-refractivity contribution in [2.24, 2.45) is 0 Å². The third kappa shape index (κ3) is 7.59. The first-order chi connectivity index (χ1) is 17.7. The van der Waals surface area contributed by atoms with E-state index in [4.69, 9.17) is 0 Å². The van der Waals surface area contributed by atoms with Gasteiger partial charge in [0.25, 0.3) is 5.69 Å². The summed E-state index contributed by atoms with van der Waals surface area (Å²) >= 11 is 0.